The maximum absolute atomic E-state index is 12.1. The van der Waals surface area contributed by atoms with E-state index < -0.39 is 33.2 Å². The Kier molecular flexibility index (Phi) is 7.43. The summed E-state index contributed by atoms with van der Waals surface area (Å²) in [5, 5.41) is 5.33. The molecule has 0 heterocycles. The van der Waals surface area contributed by atoms with E-state index in [9.17, 15) is 18.0 Å². The van der Waals surface area contributed by atoms with Crippen LogP contribution < -0.4 is 10.6 Å². The molecule has 0 bridgehead atoms. The van der Waals surface area contributed by atoms with Crippen LogP contribution in [0.2, 0.25) is 0 Å². The molecule has 2 rings (SSSR count). The molecule has 1 aromatic carbocycles. The molecule has 2 N–H and O–H groups in total. The van der Waals surface area contributed by atoms with E-state index in [-0.39, 0.29) is 6.04 Å². The van der Waals surface area contributed by atoms with Gasteiger partial charge in [0.15, 0.2) is 9.84 Å². The normalized spacial score (nSPS) is 16.5. The number of hydrogen-bond donors (Lipinski definition) is 2. The minimum absolute atomic E-state index is 0.0427. The molecule has 7 heteroatoms. The van der Waals surface area contributed by atoms with E-state index in [1.807, 2.05) is 0 Å². The number of sulfone groups is 1. The number of nitrogens with one attached hydrogen (secondary N) is 2. The smallest absolute Gasteiger partial charge is 0.239 e. The predicted molar refractivity (Wildman–Crippen MR) is 98.0 cm³/mol. The molecule has 138 valence electrons. The third-order valence-corrected chi connectivity index (χ3v) is 5.63. The maximum Gasteiger partial charge on any atom is 0.239 e. The second kappa shape index (κ2) is 9.56. The Hall–Kier alpha value is -1.89. The largest absolute Gasteiger partial charge is 0.352 e. The first-order valence-corrected chi connectivity index (χ1v) is 10.6. The Labute approximate surface area is 149 Å². The Balaban J connectivity index is 1.80. The lowest BCUT2D eigenvalue weighted by Crippen LogP contribution is -2.40. The number of para-hydroxylation sites is 1. The van der Waals surface area contributed by atoms with Gasteiger partial charge in [-0.2, -0.15) is 0 Å². The summed E-state index contributed by atoms with van der Waals surface area (Å²) >= 11 is 0. The van der Waals surface area contributed by atoms with Gasteiger partial charge < -0.3 is 10.6 Å². The minimum atomic E-state index is -3.79. The molecule has 0 aliphatic heterocycles. The van der Waals surface area contributed by atoms with Crippen LogP contribution in [0.3, 0.4) is 0 Å². The fraction of sp³-hybridized carbons (Fsp3) is 0.556. The molecule has 1 aliphatic carbocycles. The van der Waals surface area contributed by atoms with Crippen molar-refractivity contribution in [3.63, 3.8) is 0 Å². The van der Waals surface area contributed by atoms with E-state index in [0.29, 0.717) is 5.69 Å². The van der Waals surface area contributed by atoms with Crippen LogP contribution in [0.4, 0.5) is 5.69 Å². The van der Waals surface area contributed by atoms with Crippen molar-refractivity contribution in [3.05, 3.63) is 30.3 Å². The molecule has 0 saturated heterocycles. The zero-order valence-electron chi connectivity index (χ0n) is 14.4. The van der Waals surface area contributed by atoms with Crippen LogP contribution in [0.1, 0.15) is 44.9 Å². The highest BCUT2D eigenvalue weighted by molar-refractivity contribution is 7.92. The second-order valence-corrected chi connectivity index (χ2v) is 8.62. The third-order valence-electron chi connectivity index (χ3n) is 4.23. The van der Waals surface area contributed by atoms with Crippen molar-refractivity contribution < 1.29 is 18.0 Å². The number of hydrogen-bond acceptors (Lipinski definition) is 4. The van der Waals surface area contributed by atoms with E-state index in [1.165, 1.54) is 6.42 Å². The first-order chi connectivity index (χ1) is 11.9. The predicted octanol–water partition coefficient (Wildman–Crippen LogP) is 2.27. The number of carbonyl (C=O) groups is 2. The van der Waals surface area contributed by atoms with Gasteiger partial charge in [-0.15, -0.1) is 0 Å². The molecule has 25 heavy (non-hydrogen) atoms. The van der Waals surface area contributed by atoms with Gasteiger partial charge in [0.2, 0.25) is 11.8 Å². The fourth-order valence-electron chi connectivity index (χ4n) is 3.04. The number of benzene rings is 1. The molecule has 0 aromatic heterocycles. The van der Waals surface area contributed by atoms with Crippen LogP contribution in [-0.4, -0.2) is 37.8 Å². The SMILES string of the molecule is O=C(CS(=O)(=O)CC(=O)NC1CCCCCCC1)Nc1ccccc1. The molecule has 0 atom stereocenters. The summed E-state index contributed by atoms with van der Waals surface area (Å²) in [5.41, 5.74) is 0.529. The zero-order valence-corrected chi connectivity index (χ0v) is 15.2. The summed E-state index contributed by atoms with van der Waals surface area (Å²) in [5.74, 6) is -2.49. The molecule has 6 nitrogen and oxygen atoms in total. The van der Waals surface area contributed by atoms with Crippen LogP contribution in [0.15, 0.2) is 30.3 Å². The molecule has 1 saturated carbocycles. The number of rotatable bonds is 6. The van der Waals surface area contributed by atoms with Crippen molar-refractivity contribution in [3.8, 4) is 0 Å². The summed E-state index contributed by atoms with van der Waals surface area (Å²) in [4.78, 5) is 23.9. The standard InChI is InChI=1S/C18H26N2O4S/c21-17(19-15-9-5-2-1-3-6-10-15)13-25(23,24)14-18(22)20-16-11-7-4-8-12-16/h4,7-8,11-12,15H,1-3,5-6,9-10,13-14H2,(H,19,21)(H,20,22). The Morgan fingerprint density at radius 3 is 2.08 bits per heavy atom. The molecule has 0 radical (unpaired) electrons. The molecule has 1 aromatic rings. The van der Waals surface area contributed by atoms with Crippen molar-refractivity contribution in [2.75, 3.05) is 16.8 Å². The molecule has 0 spiro atoms. The van der Waals surface area contributed by atoms with Gasteiger partial charge in [-0.25, -0.2) is 8.42 Å². The molecule has 1 fully saturated rings. The van der Waals surface area contributed by atoms with E-state index in [0.717, 1.165) is 38.5 Å². The van der Waals surface area contributed by atoms with E-state index in [1.54, 1.807) is 30.3 Å². The van der Waals surface area contributed by atoms with E-state index in [4.69, 9.17) is 0 Å². The van der Waals surface area contributed by atoms with Gasteiger partial charge in [0.05, 0.1) is 0 Å². The Morgan fingerprint density at radius 2 is 1.44 bits per heavy atom. The van der Waals surface area contributed by atoms with Gasteiger partial charge in [0.25, 0.3) is 0 Å². The second-order valence-electron chi connectivity index (χ2n) is 6.56. The third kappa shape index (κ3) is 7.69. The summed E-state index contributed by atoms with van der Waals surface area (Å²) in [6, 6.07) is 8.67. The van der Waals surface area contributed by atoms with Crippen molar-refractivity contribution in [2.45, 2.75) is 51.0 Å². The van der Waals surface area contributed by atoms with Crippen LogP contribution in [0.5, 0.6) is 0 Å². The van der Waals surface area contributed by atoms with Crippen LogP contribution in [-0.2, 0) is 19.4 Å². The molecule has 0 unspecified atom stereocenters. The summed E-state index contributed by atoms with van der Waals surface area (Å²) in [6.45, 7) is 0. The Bertz CT molecular complexity index is 666. The van der Waals surface area contributed by atoms with Gasteiger partial charge in [-0.3, -0.25) is 9.59 Å². The number of anilines is 1. The van der Waals surface area contributed by atoms with Gasteiger partial charge in [0.1, 0.15) is 11.5 Å². The zero-order chi connectivity index (χ0) is 18.1. The number of amides is 2. The van der Waals surface area contributed by atoms with Gasteiger partial charge in [0, 0.05) is 11.7 Å². The maximum atomic E-state index is 12.1. The number of carbonyl (C=O) groups excluding carboxylic acids is 2. The topological polar surface area (TPSA) is 92.3 Å². The molecular weight excluding hydrogens is 340 g/mol. The summed E-state index contributed by atoms with van der Waals surface area (Å²) in [7, 11) is -3.79. The minimum Gasteiger partial charge on any atom is -0.352 e. The van der Waals surface area contributed by atoms with Crippen molar-refractivity contribution in [1.82, 2.24) is 5.32 Å². The van der Waals surface area contributed by atoms with Crippen molar-refractivity contribution in [2.24, 2.45) is 0 Å². The summed E-state index contributed by atoms with van der Waals surface area (Å²) in [6.07, 6.45) is 7.43. The monoisotopic (exact) mass is 366 g/mol. The highest BCUT2D eigenvalue weighted by Crippen LogP contribution is 2.17. The molecule has 1 aliphatic rings. The molecule has 2 amide bonds. The van der Waals surface area contributed by atoms with Gasteiger partial charge in [-0.1, -0.05) is 50.3 Å². The van der Waals surface area contributed by atoms with E-state index in [2.05, 4.69) is 10.6 Å². The first-order valence-electron chi connectivity index (χ1n) is 8.79. The fourth-order valence-corrected chi connectivity index (χ4v) is 4.10. The van der Waals surface area contributed by atoms with Crippen LogP contribution >= 0.6 is 0 Å². The molecular formula is C18H26N2O4S. The van der Waals surface area contributed by atoms with Crippen molar-refractivity contribution >= 4 is 27.3 Å². The quantitative estimate of drug-likeness (QED) is 0.808. The first kappa shape index (κ1) is 19.4. The van der Waals surface area contributed by atoms with E-state index >= 15 is 0 Å². The highest BCUT2D eigenvalue weighted by Gasteiger charge is 2.23. The average Bonchev–Trinajstić information content (AvgIpc) is 2.49. The van der Waals surface area contributed by atoms with Gasteiger partial charge >= 0.3 is 0 Å². The lowest BCUT2D eigenvalue weighted by atomic mass is 9.97. The van der Waals surface area contributed by atoms with Crippen molar-refractivity contribution in [1.29, 1.82) is 0 Å². The average molecular weight is 366 g/mol. The lowest BCUT2D eigenvalue weighted by Gasteiger charge is -2.21. The highest BCUT2D eigenvalue weighted by atomic mass is 32.2. The lowest BCUT2D eigenvalue weighted by molar-refractivity contribution is -0.119. The van der Waals surface area contributed by atoms with Gasteiger partial charge in [-0.05, 0) is 25.0 Å². The summed E-state index contributed by atoms with van der Waals surface area (Å²) < 4.78 is 24.2. The van der Waals surface area contributed by atoms with Crippen LogP contribution in [0, 0.1) is 0 Å². The Morgan fingerprint density at radius 1 is 0.880 bits per heavy atom. The van der Waals surface area contributed by atoms with Crippen LogP contribution in [0.25, 0.3) is 0 Å².